The van der Waals surface area contributed by atoms with Gasteiger partial charge in [-0.25, -0.2) is 9.97 Å². The number of benzene rings is 2. The Hall–Kier alpha value is -1.78. The molecule has 0 spiro atoms. The van der Waals surface area contributed by atoms with Gasteiger partial charge >= 0.3 is 0 Å². The second-order valence-electron chi connectivity index (χ2n) is 4.09. The van der Waals surface area contributed by atoms with Crippen LogP contribution >= 0.6 is 23.4 Å². The second-order valence-corrected chi connectivity index (χ2v) is 5.49. The number of methoxy groups -OCH3 is 1. The highest BCUT2D eigenvalue weighted by molar-refractivity contribution is 7.99. The van der Waals surface area contributed by atoms with Gasteiger partial charge in [0.25, 0.3) is 0 Å². The highest BCUT2D eigenvalue weighted by Crippen LogP contribution is 2.32. The van der Waals surface area contributed by atoms with Gasteiger partial charge in [-0.2, -0.15) is 0 Å². The Balaban J connectivity index is 2.01. The van der Waals surface area contributed by atoms with Crippen LogP contribution in [0.2, 0.25) is 5.28 Å². The van der Waals surface area contributed by atoms with E-state index in [0.717, 1.165) is 26.6 Å². The molecule has 0 aliphatic heterocycles. The molecule has 3 aromatic rings. The maximum Gasteiger partial charge on any atom is 0.224 e. The maximum absolute atomic E-state index is 5.98. The largest absolute Gasteiger partial charge is 0.497 e. The van der Waals surface area contributed by atoms with Gasteiger partial charge in [0, 0.05) is 10.3 Å². The molecular formula is C15H11ClN2OS. The third-order valence-corrected chi connectivity index (χ3v) is 4.00. The molecule has 0 radical (unpaired) electrons. The molecule has 20 heavy (non-hydrogen) atoms. The molecule has 1 aromatic heterocycles. The average Bonchev–Trinajstić information content (AvgIpc) is 2.48. The van der Waals surface area contributed by atoms with E-state index in [-0.39, 0.29) is 5.28 Å². The molecule has 1 heterocycles. The van der Waals surface area contributed by atoms with Crippen molar-refractivity contribution in [3.63, 3.8) is 0 Å². The molecule has 3 rings (SSSR count). The third-order valence-electron chi connectivity index (χ3n) is 2.81. The van der Waals surface area contributed by atoms with E-state index in [2.05, 4.69) is 9.97 Å². The SMILES string of the molecule is COc1ccc(Sc2nc(Cl)nc3ccccc23)cc1. The lowest BCUT2D eigenvalue weighted by molar-refractivity contribution is 0.414. The van der Waals surface area contributed by atoms with Crippen molar-refractivity contribution < 1.29 is 4.74 Å². The number of hydrogen-bond donors (Lipinski definition) is 0. The van der Waals surface area contributed by atoms with Gasteiger partial charge < -0.3 is 4.74 Å². The summed E-state index contributed by atoms with van der Waals surface area (Å²) in [6, 6.07) is 15.7. The summed E-state index contributed by atoms with van der Waals surface area (Å²) in [5.41, 5.74) is 0.850. The van der Waals surface area contributed by atoms with Gasteiger partial charge in [0.05, 0.1) is 12.6 Å². The predicted molar refractivity (Wildman–Crippen MR) is 81.7 cm³/mol. The van der Waals surface area contributed by atoms with Crippen molar-refractivity contribution >= 4 is 34.3 Å². The second kappa shape index (κ2) is 5.69. The van der Waals surface area contributed by atoms with Crippen molar-refractivity contribution in [3.05, 3.63) is 53.8 Å². The molecule has 2 aromatic carbocycles. The standard InChI is InChI=1S/C15H11ClN2OS/c1-19-10-6-8-11(9-7-10)20-14-12-4-2-3-5-13(12)17-15(16)18-14/h2-9H,1H3. The Morgan fingerprint density at radius 3 is 2.50 bits per heavy atom. The van der Waals surface area contributed by atoms with E-state index < -0.39 is 0 Å². The van der Waals surface area contributed by atoms with Crippen LogP contribution in [0.3, 0.4) is 0 Å². The zero-order chi connectivity index (χ0) is 13.9. The fraction of sp³-hybridized carbons (Fsp3) is 0.0667. The first-order valence-electron chi connectivity index (χ1n) is 6.00. The monoisotopic (exact) mass is 302 g/mol. The molecule has 0 unspecified atom stereocenters. The molecular weight excluding hydrogens is 292 g/mol. The van der Waals surface area contributed by atoms with Crippen LogP contribution in [0.1, 0.15) is 0 Å². The molecule has 100 valence electrons. The molecule has 0 amide bonds. The number of para-hydroxylation sites is 1. The van der Waals surface area contributed by atoms with Crippen LogP contribution in [0.5, 0.6) is 5.75 Å². The van der Waals surface area contributed by atoms with Crippen molar-refractivity contribution in [2.45, 2.75) is 9.92 Å². The van der Waals surface area contributed by atoms with E-state index in [9.17, 15) is 0 Å². The van der Waals surface area contributed by atoms with Gasteiger partial charge in [0.15, 0.2) is 0 Å². The topological polar surface area (TPSA) is 35.0 Å². The lowest BCUT2D eigenvalue weighted by atomic mass is 10.2. The Bertz CT molecular complexity index is 746. The summed E-state index contributed by atoms with van der Waals surface area (Å²) < 4.78 is 5.15. The van der Waals surface area contributed by atoms with E-state index in [0.29, 0.717) is 0 Å². The van der Waals surface area contributed by atoms with E-state index in [1.165, 1.54) is 0 Å². The molecule has 0 saturated heterocycles. The highest BCUT2D eigenvalue weighted by atomic mass is 35.5. The normalized spacial score (nSPS) is 10.7. The van der Waals surface area contributed by atoms with E-state index in [1.807, 2.05) is 48.5 Å². The summed E-state index contributed by atoms with van der Waals surface area (Å²) in [5, 5.41) is 2.11. The van der Waals surface area contributed by atoms with Gasteiger partial charge in [0.1, 0.15) is 10.8 Å². The zero-order valence-corrected chi connectivity index (χ0v) is 12.3. The van der Waals surface area contributed by atoms with Gasteiger partial charge in [-0.1, -0.05) is 30.0 Å². The minimum Gasteiger partial charge on any atom is -0.497 e. The van der Waals surface area contributed by atoms with Crippen molar-refractivity contribution in [3.8, 4) is 5.75 Å². The van der Waals surface area contributed by atoms with E-state index >= 15 is 0 Å². The van der Waals surface area contributed by atoms with Crippen molar-refractivity contribution in [1.29, 1.82) is 0 Å². The summed E-state index contributed by atoms with van der Waals surface area (Å²) in [6.07, 6.45) is 0. The predicted octanol–water partition coefficient (Wildman–Crippen LogP) is 4.44. The molecule has 5 heteroatoms. The fourth-order valence-corrected chi connectivity index (χ4v) is 2.99. The lowest BCUT2D eigenvalue weighted by Crippen LogP contribution is -1.89. The number of ether oxygens (including phenoxy) is 1. The summed E-state index contributed by atoms with van der Waals surface area (Å²) in [5.74, 6) is 0.833. The summed E-state index contributed by atoms with van der Waals surface area (Å²) in [6.45, 7) is 0. The van der Waals surface area contributed by atoms with Crippen LogP contribution in [0.4, 0.5) is 0 Å². The first kappa shape index (κ1) is 13.2. The molecule has 0 atom stereocenters. The van der Waals surface area contributed by atoms with Crippen molar-refractivity contribution in [2.75, 3.05) is 7.11 Å². The fourth-order valence-electron chi connectivity index (χ4n) is 1.85. The number of aromatic nitrogens is 2. The average molecular weight is 303 g/mol. The van der Waals surface area contributed by atoms with Crippen molar-refractivity contribution in [2.24, 2.45) is 0 Å². The molecule has 3 nitrogen and oxygen atoms in total. The van der Waals surface area contributed by atoms with Crippen molar-refractivity contribution in [1.82, 2.24) is 9.97 Å². The minimum absolute atomic E-state index is 0.264. The smallest absolute Gasteiger partial charge is 0.224 e. The number of halogens is 1. The Kier molecular flexibility index (Phi) is 3.76. The van der Waals surface area contributed by atoms with Crippen LogP contribution in [-0.4, -0.2) is 17.1 Å². The van der Waals surface area contributed by atoms with Crippen LogP contribution in [0.15, 0.2) is 58.5 Å². The molecule has 0 aliphatic rings. The summed E-state index contributed by atoms with van der Waals surface area (Å²) in [4.78, 5) is 9.63. The molecule has 0 aliphatic carbocycles. The highest BCUT2D eigenvalue weighted by Gasteiger charge is 2.08. The number of fused-ring (bicyclic) bond motifs is 1. The first-order valence-corrected chi connectivity index (χ1v) is 7.20. The molecule has 0 saturated carbocycles. The number of nitrogens with zero attached hydrogens (tertiary/aromatic N) is 2. The van der Waals surface area contributed by atoms with Crippen LogP contribution in [0.25, 0.3) is 10.9 Å². The minimum atomic E-state index is 0.264. The van der Waals surface area contributed by atoms with Crippen LogP contribution < -0.4 is 4.74 Å². The summed E-state index contributed by atoms with van der Waals surface area (Å²) >= 11 is 7.54. The maximum atomic E-state index is 5.98. The number of hydrogen-bond acceptors (Lipinski definition) is 4. The Morgan fingerprint density at radius 2 is 1.75 bits per heavy atom. The summed E-state index contributed by atoms with van der Waals surface area (Å²) in [7, 11) is 1.65. The number of rotatable bonds is 3. The van der Waals surface area contributed by atoms with Crippen LogP contribution in [-0.2, 0) is 0 Å². The van der Waals surface area contributed by atoms with E-state index in [4.69, 9.17) is 16.3 Å². The Labute approximate surface area is 126 Å². The lowest BCUT2D eigenvalue weighted by Gasteiger charge is -2.06. The van der Waals surface area contributed by atoms with Gasteiger partial charge in [0.2, 0.25) is 5.28 Å². The quantitative estimate of drug-likeness (QED) is 0.529. The molecule has 0 N–H and O–H groups in total. The van der Waals surface area contributed by atoms with Crippen LogP contribution in [0, 0.1) is 0 Å². The third kappa shape index (κ3) is 2.71. The zero-order valence-electron chi connectivity index (χ0n) is 10.7. The van der Waals surface area contributed by atoms with Gasteiger partial charge in [-0.05, 0) is 41.9 Å². The molecule has 0 fully saturated rings. The van der Waals surface area contributed by atoms with Gasteiger partial charge in [-0.3, -0.25) is 0 Å². The Morgan fingerprint density at radius 1 is 1.00 bits per heavy atom. The molecule has 0 bridgehead atoms. The first-order chi connectivity index (χ1) is 9.76. The van der Waals surface area contributed by atoms with E-state index in [1.54, 1.807) is 18.9 Å². The van der Waals surface area contributed by atoms with Gasteiger partial charge in [-0.15, -0.1) is 0 Å².